The molecule has 115 valence electrons. The molecule has 0 aromatic heterocycles. The van der Waals surface area contributed by atoms with E-state index in [4.69, 9.17) is 23.2 Å². The first-order chi connectivity index (χ1) is 11.2. The van der Waals surface area contributed by atoms with Crippen molar-refractivity contribution in [2.45, 2.75) is 0 Å². The van der Waals surface area contributed by atoms with Gasteiger partial charge < -0.3 is 0 Å². The van der Waals surface area contributed by atoms with Crippen LogP contribution in [0, 0.1) is 0 Å². The van der Waals surface area contributed by atoms with E-state index < -0.39 is 0 Å². The molecule has 0 saturated heterocycles. The van der Waals surface area contributed by atoms with Crippen molar-refractivity contribution in [2.24, 2.45) is 0 Å². The average molecular weight is 366 g/mol. The van der Waals surface area contributed by atoms with Gasteiger partial charge in [-0.3, -0.25) is 4.79 Å². The van der Waals surface area contributed by atoms with Gasteiger partial charge in [-0.25, -0.2) is 0 Å². The van der Waals surface area contributed by atoms with E-state index in [1.807, 2.05) is 54.6 Å². The number of benzene rings is 3. The van der Waals surface area contributed by atoms with Crippen molar-refractivity contribution < 1.29 is 4.79 Å². The second kappa shape index (κ2) is 8.86. The molecule has 3 aromatic carbocycles. The predicted molar refractivity (Wildman–Crippen MR) is 106 cm³/mol. The quantitative estimate of drug-likeness (QED) is 0.445. The molecule has 3 rings (SSSR count). The predicted octanol–water partition coefficient (Wildman–Crippen LogP) is 5.42. The van der Waals surface area contributed by atoms with Crippen molar-refractivity contribution in [3.8, 4) is 11.1 Å². The molecule has 1 radical (unpaired) electrons. The summed E-state index contributed by atoms with van der Waals surface area (Å²) in [7, 11) is -0.0350. The van der Waals surface area contributed by atoms with Crippen LogP contribution in [0.4, 0.5) is 0 Å². The molecule has 0 aliphatic rings. The Morgan fingerprint density at radius 3 is 2.00 bits per heavy atom. The zero-order valence-corrected chi connectivity index (χ0v) is 15.6. The summed E-state index contributed by atoms with van der Waals surface area (Å²) in [4.78, 5) is 12.7. The SMILES string of the molecule is O=C(Pc1ccccc1-c1ccccc1)c1c(Cl)cccc1Cl.[Li]. The number of hydrogen-bond donors (Lipinski definition) is 0. The molecular weight excluding hydrogens is 353 g/mol. The van der Waals surface area contributed by atoms with Crippen molar-refractivity contribution in [1.29, 1.82) is 0 Å². The van der Waals surface area contributed by atoms with Crippen LogP contribution in [0.1, 0.15) is 10.4 Å². The molecule has 3 aromatic rings. The summed E-state index contributed by atoms with van der Waals surface area (Å²) in [5, 5.41) is 1.78. The van der Waals surface area contributed by atoms with E-state index in [0.717, 1.165) is 16.4 Å². The maximum Gasteiger partial charge on any atom is 0.188 e. The summed E-state index contributed by atoms with van der Waals surface area (Å²) < 4.78 is 0. The van der Waals surface area contributed by atoms with Crippen LogP contribution in [0.25, 0.3) is 11.1 Å². The minimum atomic E-state index is -0.0519. The van der Waals surface area contributed by atoms with Crippen molar-refractivity contribution >= 4 is 61.5 Å². The summed E-state index contributed by atoms with van der Waals surface area (Å²) in [5.41, 5.74) is 2.50. The van der Waals surface area contributed by atoms with Gasteiger partial charge in [0.25, 0.3) is 0 Å². The van der Waals surface area contributed by atoms with Crippen LogP contribution in [-0.2, 0) is 0 Å². The fraction of sp³-hybridized carbons (Fsp3) is 0. The number of carbonyl (C=O) groups is 1. The van der Waals surface area contributed by atoms with Gasteiger partial charge in [-0.15, -0.1) is 0 Å². The van der Waals surface area contributed by atoms with E-state index in [2.05, 4.69) is 0 Å². The van der Waals surface area contributed by atoms with Gasteiger partial charge in [-0.2, -0.15) is 0 Å². The molecule has 0 aliphatic heterocycles. The first-order valence-electron chi connectivity index (χ1n) is 7.06. The van der Waals surface area contributed by atoms with Gasteiger partial charge in [-0.1, -0.05) is 83.9 Å². The second-order valence-electron chi connectivity index (χ2n) is 4.96. The van der Waals surface area contributed by atoms with Crippen LogP contribution in [0.2, 0.25) is 10.0 Å². The standard InChI is InChI=1S/C19H13Cl2OP.Li/c20-15-10-6-11-16(21)18(15)19(22)23-17-12-5-4-9-14(17)13-7-2-1-3-8-13;/h1-12,23H;. The summed E-state index contributed by atoms with van der Waals surface area (Å²) in [6.45, 7) is 0. The summed E-state index contributed by atoms with van der Waals surface area (Å²) >= 11 is 12.3. The van der Waals surface area contributed by atoms with Crippen molar-refractivity contribution in [1.82, 2.24) is 0 Å². The van der Waals surface area contributed by atoms with Crippen LogP contribution >= 0.6 is 31.8 Å². The minimum absolute atomic E-state index is 0. The number of rotatable bonds is 4. The Morgan fingerprint density at radius 2 is 1.33 bits per heavy atom. The van der Waals surface area contributed by atoms with Gasteiger partial charge in [0.15, 0.2) is 5.52 Å². The monoisotopic (exact) mass is 365 g/mol. The molecule has 0 N–H and O–H groups in total. The van der Waals surface area contributed by atoms with Crippen LogP contribution in [0.5, 0.6) is 0 Å². The molecule has 1 nitrogen and oxygen atoms in total. The van der Waals surface area contributed by atoms with Gasteiger partial charge in [0.05, 0.1) is 15.6 Å². The Labute approximate surface area is 165 Å². The molecule has 0 spiro atoms. The van der Waals surface area contributed by atoms with Gasteiger partial charge in [-0.05, 0) is 37.1 Å². The topological polar surface area (TPSA) is 17.1 Å². The third kappa shape index (κ3) is 4.31. The zero-order chi connectivity index (χ0) is 16.2. The van der Waals surface area contributed by atoms with Crippen LogP contribution in [-0.4, -0.2) is 24.4 Å². The molecule has 0 saturated carbocycles. The molecule has 0 amide bonds. The van der Waals surface area contributed by atoms with Gasteiger partial charge in [0, 0.05) is 18.9 Å². The zero-order valence-electron chi connectivity index (χ0n) is 13.1. The smallest absolute Gasteiger partial charge is 0.188 e. The fourth-order valence-corrected chi connectivity index (χ4v) is 4.27. The molecule has 0 fully saturated rings. The van der Waals surface area contributed by atoms with Crippen molar-refractivity contribution in [2.75, 3.05) is 0 Å². The van der Waals surface area contributed by atoms with Crippen molar-refractivity contribution in [3.63, 3.8) is 0 Å². The summed E-state index contributed by atoms with van der Waals surface area (Å²) in [6.07, 6.45) is 0. The van der Waals surface area contributed by atoms with Crippen molar-refractivity contribution in [3.05, 3.63) is 88.4 Å². The van der Waals surface area contributed by atoms with E-state index in [0.29, 0.717) is 15.6 Å². The first-order valence-corrected chi connectivity index (χ1v) is 8.82. The maximum atomic E-state index is 12.7. The maximum absolute atomic E-state index is 12.7. The van der Waals surface area contributed by atoms with Crippen LogP contribution < -0.4 is 5.30 Å². The minimum Gasteiger partial charge on any atom is -0.289 e. The Bertz CT molecular complexity index is 833. The average Bonchev–Trinajstić information content (AvgIpc) is 2.56. The number of carbonyl (C=O) groups excluding carboxylic acids is 1. The Hall–Kier alpha value is -1.06. The molecule has 24 heavy (non-hydrogen) atoms. The van der Waals surface area contributed by atoms with Crippen LogP contribution in [0.15, 0.2) is 72.8 Å². The first kappa shape index (κ1) is 19.3. The number of halogens is 2. The number of hydrogen-bond acceptors (Lipinski definition) is 1. The van der Waals surface area contributed by atoms with Crippen LogP contribution in [0.3, 0.4) is 0 Å². The largest absolute Gasteiger partial charge is 0.289 e. The molecule has 0 bridgehead atoms. The second-order valence-corrected chi connectivity index (χ2v) is 7.02. The van der Waals surface area contributed by atoms with E-state index in [9.17, 15) is 4.79 Å². The van der Waals surface area contributed by atoms with E-state index in [1.165, 1.54) is 0 Å². The molecule has 5 heteroatoms. The normalized spacial score (nSPS) is 10.6. The summed E-state index contributed by atoms with van der Waals surface area (Å²) in [5.74, 6) is 0. The Balaban J connectivity index is 0.00000208. The van der Waals surface area contributed by atoms with Gasteiger partial charge in [0.1, 0.15) is 0 Å². The molecular formula is C19H13Cl2LiOP. The molecule has 0 heterocycles. The van der Waals surface area contributed by atoms with E-state index in [1.54, 1.807) is 18.2 Å². The fourth-order valence-electron chi connectivity index (χ4n) is 2.36. The molecule has 1 unspecified atom stereocenters. The molecule has 1 atom stereocenters. The third-order valence-corrected chi connectivity index (χ3v) is 5.26. The van der Waals surface area contributed by atoms with E-state index in [-0.39, 0.29) is 33.0 Å². The van der Waals surface area contributed by atoms with E-state index >= 15 is 0 Å². The van der Waals surface area contributed by atoms with Gasteiger partial charge >= 0.3 is 0 Å². The molecule has 0 aliphatic carbocycles. The Kier molecular flexibility index (Phi) is 7.12. The Morgan fingerprint density at radius 1 is 0.750 bits per heavy atom. The summed E-state index contributed by atoms with van der Waals surface area (Å²) in [6, 6.07) is 23.1. The third-order valence-electron chi connectivity index (χ3n) is 3.45. The van der Waals surface area contributed by atoms with Gasteiger partial charge in [0.2, 0.25) is 0 Å².